The number of hydrazine groups is 1. The molecule has 1 aromatic carbocycles. The van der Waals surface area contributed by atoms with Crippen molar-refractivity contribution in [2.75, 3.05) is 17.4 Å². The van der Waals surface area contributed by atoms with Gasteiger partial charge in [0.15, 0.2) is 0 Å². The van der Waals surface area contributed by atoms with Gasteiger partial charge >= 0.3 is 0 Å². The molecular formula is C13H12ClFN4O. The summed E-state index contributed by atoms with van der Waals surface area (Å²) in [6, 6.07) is 8.82. The van der Waals surface area contributed by atoms with E-state index in [1.54, 1.807) is 12.1 Å². The van der Waals surface area contributed by atoms with Crippen molar-refractivity contribution in [1.82, 2.24) is 4.98 Å². The van der Waals surface area contributed by atoms with Crippen molar-refractivity contribution in [3.05, 3.63) is 52.9 Å². The Labute approximate surface area is 120 Å². The first kappa shape index (κ1) is 14.2. The summed E-state index contributed by atoms with van der Waals surface area (Å²) in [5.74, 6) is 4.59. The minimum atomic E-state index is -0.485. The quantitative estimate of drug-likeness (QED) is 0.518. The van der Waals surface area contributed by atoms with E-state index in [9.17, 15) is 9.18 Å². The fraction of sp³-hybridized carbons (Fsp3) is 0.0769. The van der Waals surface area contributed by atoms with E-state index < -0.39 is 11.7 Å². The van der Waals surface area contributed by atoms with Crippen molar-refractivity contribution in [3.63, 3.8) is 0 Å². The molecule has 2 aromatic rings. The van der Waals surface area contributed by atoms with Crippen LogP contribution in [0.3, 0.4) is 0 Å². The smallest absolute Gasteiger partial charge is 0.258 e. The first-order valence-corrected chi connectivity index (χ1v) is 6.07. The number of nitrogens with zero attached hydrogens (tertiary/aromatic N) is 2. The number of halogens is 2. The van der Waals surface area contributed by atoms with Gasteiger partial charge in [-0.25, -0.2) is 15.2 Å². The van der Waals surface area contributed by atoms with E-state index >= 15 is 0 Å². The second-order valence-corrected chi connectivity index (χ2v) is 4.41. The first-order valence-electron chi connectivity index (χ1n) is 5.69. The lowest BCUT2D eigenvalue weighted by Crippen LogP contribution is -2.27. The molecule has 0 saturated carbocycles. The molecule has 0 aliphatic rings. The molecule has 5 nitrogen and oxygen atoms in total. The molecule has 1 aromatic heterocycles. The number of nitrogens with two attached hydrogens (primary N) is 1. The third-order valence-electron chi connectivity index (χ3n) is 2.71. The third kappa shape index (κ3) is 2.87. The molecule has 0 atom stereocenters. The van der Waals surface area contributed by atoms with Crippen LogP contribution in [0.1, 0.15) is 10.4 Å². The Bertz CT molecular complexity index is 650. The molecule has 0 spiro atoms. The highest BCUT2D eigenvalue weighted by Gasteiger charge is 2.17. The Kier molecular flexibility index (Phi) is 4.16. The minimum Gasteiger partial charge on any atom is -0.309 e. The zero-order valence-electron chi connectivity index (χ0n) is 10.6. The number of hydrogen-bond donors (Lipinski definition) is 2. The second-order valence-electron chi connectivity index (χ2n) is 4.02. The largest absolute Gasteiger partial charge is 0.309 e. The molecule has 1 heterocycles. The number of hydrogen-bond acceptors (Lipinski definition) is 4. The zero-order chi connectivity index (χ0) is 14.7. The van der Waals surface area contributed by atoms with Crippen molar-refractivity contribution >= 4 is 29.0 Å². The molecular weight excluding hydrogens is 283 g/mol. The standard InChI is InChI=1S/C13H12ClFN4O/c1-19(10-5-3-2-4-9(10)15)13(20)8-6-11(14)17-12(7-8)18-16/h2-7H,16H2,1H3,(H,17,18). The Morgan fingerprint density at radius 3 is 2.75 bits per heavy atom. The van der Waals surface area contributed by atoms with Crippen LogP contribution < -0.4 is 16.2 Å². The normalized spacial score (nSPS) is 10.2. The van der Waals surface area contributed by atoms with Gasteiger partial charge in [-0.2, -0.15) is 0 Å². The van der Waals surface area contributed by atoms with Crippen LogP contribution in [0.4, 0.5) is 15.9 Å². The van der Waals surface area contributed by atoms with Crippen LogP contribution in [0.15, 0.2) is 36.4 Å². The van der Waals surface area contributed by atoms with Crippen molar-refractivity contribution in [1.29, 1.82) is 0 Å². The van der Waals surface area contributed by atoms with Crippen molar-refractivity contribution < 1.29 is 9.18 Å². The SMILES string of the molecule is CN(C(=O)c1cc(Cl)nc(NN)c1)c1ccccc1F. The zero-order valence-corrected chi connectivity index (χ0v) is 11.4. The van der Waals surface area contributed by atoms with Crippen LogP contribution in [-0.2, 0) is 0 Å². The number of aromatic nitrogens is 1. The van der Waals surface area contributed by atoms with Crippen LogP contribution >= 0.6 is 11.6 Å². The lowest BCUT2D eigenvalue weighted by Gasteiger charge is -2.18. The van der Waals surface area contributed by atoms with Crippen LogP contribution in [0.2, 0.25) is 5.15 Å². The Morgan fingerprint density at radius 2 is 2.10 bits per heavy atom. The number of para-hydroxylation sites is 1. The molecule has 2 rings (SSSR count). The predicted octanol–water partition coefficient (Wildman–Crippen LogP) is 2.44. The van der Waals surface area contributed by atoms with E-state index in [0.29, 0.717) is 0 Å². The predicted molar refractivity (Wildman–Crippen MR) is 76.2 cm³/mol. The lowest BCUT2D eigenvalue weighted by atomic mass is 10.2. The maximum absolute atomic E-state index is 13.7. The van der Waals surface area contributed by atoms with Gasteiger partial charge in [0.25, 0.3) is 5.91 Å². The summed E-state index contributed by atoms with van der Waals surface area (Å²) in [6.45, 7) is 0. The molecule has 0 fully saturated rings. The monoisotopic (exact) mass is 294 g/mol. The summed E-state index contributed by atoms with van der Waals surface area (Å²) >= 11 is 5.80. The lowest BCUT2D eigenvalue weighted by molar-refractivity contribution is 0.0992. The van der Waals surface area contributed by atoms with E-state index in [0.717, 1.165) is 0 Å². The highest BCUT2D eigenvalue weighted by atomic mass is 35.5. The van der Waals surface area contributed by atoms with E-state index in [-0.39, 0.29) is 22.2 Å². The number of anilines is 2. The molecule has 1 amide bonds. The molecule has 0 bridgehead atoms. The maximum Gasteiger partial charge on any atom is 0.258 e. The maximum atomic E-state index is 13.7. The minimum absolute atomic E-state index is 0.116. The number of carbonyl (C=O) groups is 1. The third-order valence-corrected chi connectivity index (χ3v) is 2.90. The van der Waals surface area contributed by atoms with Gasteiger partial charge in [0.2, 0.25) is 0 Å². The number of nitrogen functional groups attached to an aromatic ring is 1. The fourth-order valence-electron chi connectivity index (χ4n) is 1.72. The average Bonchev–Trinajstić information content (AvgIpc) is 2.45. The summed E-state index contributed by atoms with van der Waals surface area (Å²) < 4.78 is 13.7. The van der Waals surface area contributed by atoms with E-state index in [4.69, 9.17) is 17.4 Å². The molecule has 0 radical (unpaired) electrons. The van der Waals surface area contributed by atoms with Crippen LogP contribution in [0.5, 0.6) is 0 Å². The van der Waals surface area contributed by atoms with Crippen LogP contribution in [-0.4, -0.2) is 17.9 Å². The second kappa shape index (κ2) is 5.85. The summed E-state index contributed by atoms with van der Waals surface area (Å²) in [6.07, 6.45) is 0. The highest BCUT2D eigenvalue weighted by molar-refractivity contribution is 6.30. The van der Waals surface area contributed by atoms with Gasteiger partial charge in [-0.05, 0) is 24.3 Å². The first-order chi connectivity index (χ1) is 9.52. The number of rotatable bonds is 3. The summed E-state index contributed by atoms with van der Waals surface area (Å²) in [4.78, 5) is 17.4. The van der Waals surface area contributed by atoms with E-state index in [1.807, 2.05) is 0 Å². The summed E-state index contributed by atoms with van der Waals surface area (Å²) in [5, 5.41) is 0.116. The molecule has 20 heavy (non-hydrogen) atoms. The topological polar surface area (TPSA) is 71.2 Å². The van der Waals surface area contributed by atoms with Gasteiger partial charge in [0, 0.05) is 12.6 Å². The van der Waals surface area contributed by atoms with E-state index in [2.05, 4.69) is 10.4 Å². The number of amides is 1. The Morgan fingerprint density at radius 1 is 1.40 bits per heavy atom. The number of pyridine rings is 1. The molecule has 0 aliphatic carbocycles. The van der Waals surface area contributed by atoms with Crippen LogP contribution in [0.25, 0.3) is 0 Å². The van der Waals surface area contributed by atoms with Crippen molar-refractivity contribution in [3.8, 4) is 0 Å². The van der Waals surface area contributed by atoms with Crippen molar-refractivity contribution in [2.45, 2.75) is 0 Å². The summed E-state index contributed by atoms with van der Waals surface area (Å²) in [7, 11) is 1.48. The van der Waals surface area contributed by atoms with Gasteiger partial charge in [-0.15, -0.1) is 0 Å². The summed E-state index contributed by atoms with van der Waals surface area (Å²) in [5.41, 5.74) is 2.74. The highest BCUT2D eigenvalue weighted by Crippen LogP contribution is 2.21. The van der Waals surface area contributed by atoms with Gasteiger partial charge < -0.3 is 10.3 Å². The average molecular weight is 295 g/mol. The van der Waals surface area contributed by atoms with Gasteiger partial charge in [-0.3, -0.25) is 4.79 Å². The van der Waals surface area contributed by atoms with Gasteiger partial charge in [0.1, 0.15) is 16.8 Å². The number of nitrogens with one attached hydrogen (secondary N) is 1. The van der Waals surface area contributed by atoms with Gasteiger partial charge in [0.05, 0.1) is 5.69 Å². The number of carbonyl (C=O) groups excluding carboxylic acids is 1. The van der Waals surface area contributed by atoms with Gasteiger partial charge in [-0.1, -0.05) is 23.7 Å². The molecule has 0 unspecified atom stereocenters. The molecule has 7 heteroatoms. The molecule has 104 valence electrons. The molecule has 0 aliphatic heterocycles. The number of benzene rings is 1. The Balaban J connectivity index is 2.36. The van der Waals surface area contributed by atoms with Crippen LogP contribution in [0, 0.1) is 5.82 Å². The molecule has 3 N–H and O–H groups in total. The fourth-order valence-corrected chi connectivity index (χ4v) is 1.93. The van der Waals surface area contributed by atoms with Crippen molar-refractivity contribution in [2.24, 2.45) is 5.84 Å². The molecule has 0 saturated heterocycles. The van der Waals surface area contributed by atoms with E-state index in [1.165, 1.54) is 36.2 Å². The Hall–Kier alpha value is -2.18.